The van der Waals surface area contributed by atoms with E-state index in [1.807, 2.05) is 17.0 Å². The van der Waals surface area contributed by atoms with Crippen molar-refractivity contribution >= 4 is 34.7 Å². The third-order valence-corrected chi connectivity index (χ3v) is 8.35. The Morgan fingerprint density at radius 2 is 1.72 bits per heavy atom. The van der Waals surface area contributed by atoms with Crippen LogP contribution in [0, 0.1) is 17.6 Å². The summed E-state index contributed by atoms with van der Waals surface area (Å²) in [6, 6.07) is 9.79. The van der Waals surface area contributed by atoms with Crippen LogP contribution in [0.4, 0.5) is 30.4 Å². The van der Waals surface area contributed by atoms with Crippen LogP contribution in [0.5, 0.6) is 0 Å². The van der Waals surface area contributed by atoms with Gasteiger partial charge in [0.2, 0.25) is 11.7 Å². The van der Waals surface area contributed by atoms with Crippen LogP contribution in [-0.4, -0.2) is 75.2 Å². The molecule has 0 radical (unpaired) electrons. The van der Waals surface area contributed by atoms with Crippen LogP contribution in [0.3, 0.4) is 0 Å². The van der Waals surface area contributed by atoms with Crippen LogP contribution < -0.4 is 15.1 Å². The molecule has 0 bridgehead atoms. The smallest absolute Gasteiger partial charge is 0.293 e. The molecule has 10 nitrogen and oxygen atoms in total. The third-order valence-electron chi connectivity index (χ3n) is 8.35. The summed E-state index contributed by atoms with van der Waals surface area (Å²) in [7, 11) is 0. The number of hydrogen-bond donors (Lipinski definition) is 1. The number of rotatable bonds is 6. The predicted molar refractivity (Wildman–Crippen MR) is 153 cm³/mol. The molecule has 7 rings (SSSR count). The van der Waals surface area contributed by atoms with Gasteiger partial charge in [0.15, 0.2) is 5.65 Å². The summed E-state index contributed by atoms with van der Waals surface area (Å²) in [6.45, 7) is 2.83. The van der Waals surface area contributed by atoms with Gasteiger partial charge in [0.1, 0.15) is 23.6 Å². The fourth-order valence-electron chi connectivity index (χ4n) is 5.91. The lowest BCUT2D eigenvalue weighted by molar-refractivity contribution is -0.132. The van der Waals surface area contributed by atoms with Crippen molar-refractivity contribution in [2.45, 2.75) is 31.5 Å². The van der Waals surface area contributed by atoms with Gasteiger partial charge in [-0.05, 0) is 55.3 Å². The third kappa shape index (κ3) is 5.35. The Kier molecular flexibility index (Phi) is 6.86. The number of carbonyl (C=O) groups excluding carboxylic acids is 2. The molecule has 3 aliphatic rings. The van der Waals surface area contributed by atoms with E-state index in [0.29, 0.717) is 24.4 Å². The molecule has 0 spiro atoms. The van der Waals surface area contributed by atoms with Crippen molar-refractivity contribution in [3.8, 4) is 0 Å². The van der Waals surface area contributed by atoms with Gasteiger partial charge in [-0.3, -0.25) is 14.0 Å². The minimum absolute atomic E-state index is 0.0105. The van der Waals surface area contributed by atoms with E-state index in [9.17, 15) is 22.8 Å². The lowest BCUT2D eigenvalue weighted by atomic mass is 10.0. The first-order valence-corrected chi connectivity index (χ1v) is 14.4. The Morgan fingerprint density at radius 1 is 0.953 bits per heavy atom. The minimum atomic E-state index is -1.27. The van der Waals surface area contributed by atoms with Gasteiger partial charge in [-0.15, -0.1) is 10.2 Å². The number of benzene rings is 2. The molecule has 4 aromatic rings. The molecule has 2 saturated heterocycles. The maximum atomic E-state index is 14.6. The number of amides is 2. The second-order valence-corrected chi connectivity index (χ2v) is 11.3. The number of piperazine rings is 1. The number of hydrogen-bond acceptors (Lipinski definition) is 7. The molecule has 2 aromatic carbocycles. The van der Waals surface area contributed by atoms with Gasteiger partial charge in [0.25, 0.3) is 5.91 Å². The van der Waals surface area contributed by atoms with Gasteiger partial charge >= 0.3 is 0 Å². The summed E-state index contributed by atoms with van der Waals surface area (Å²) < 4.78 is 44.5. The van der Waals surface area contributed by atoms with E-state index in [4.69, 9.17) is 0 Å². The van der Waals surface area contributed by atoms with Gasteiger partial charge in [-0.2, -0.15) is 0 Å². The van der Waals surface area contributed by atoms with Gasteiger partial charge < -0.3 is 20.0 Å². The van der Waals surface area contributed by atoms with E-state index >= 15 is 0 Å². The quantitative estimate of drug-likeness (QED) is 0.363. The van der Waals surface area contributed by atoms with Crippen molar-refractivity contribution in [3.63, 3.8) is 0 Å². The summed E-state index contributed by atoms with van der Waals surface area (Å²) in [5.74, 6) is -0.994. The average Bonchev–Trinajstić information content (AvgIpc) is 3.67. The number of carbonyl (C=O) groups is 2. The van der Waals surface area contributed by atoms with E-state index in [0.717, 1.165) is 49.8 Å². The first-order chi connectivity index (χ1) is 20.8. The maximum absolute atomic E-state index is 14.6. The Bertz CT molecular complexity index is 1680. The van der Waals surface area contributed by atoms with Crippen molar-refractivity contribution in [2.24, 2.45) is 5.92 Å². The average molecular weight is 591 g/mol. The zero-order valence-corrected chi connectivity index (χ0v) is 23.2. The molecule has 2 aromatic heterocycles. The lowest BCUT2D eigenvalue weighted by Gasteiger charge is -2.36. The van der Waals surface area contributed by atoms with Gasteiger partial charge in [0, 0.05) is 55.5 Å². The second-order valence-electron chi connectivity index (χ2n) is 11.3. The molecule has 1 N–H and O–H groups in total. The zero-order chi connectivity index (χ0) is 29.7. The molecular weight excluding hydrogens is 561 g/mol. The van der Waals surface area contributed by atoms with Crippen molar-refractivity contribution < 1.29 is 22.8 Å². The topological polar surface area (TPSA) is 99.0 Å². The first-order valence-electron chi connectivity index (χ1n) is 14.4. The largest absolute Gasteiger partial charge is 0.368 e. The Morgan fingerprint density at radius 3 is 2.47 bits per heavy atom. The summed E-state index contributed by atoms with van der Waals surface area (Å²) in [4.78, 5) is 35.6. The van der Waals surface area contributed by atoms with Crippen LogP contribution in [0.1, 0.15) is 41.5 Å². The first kappa shape index (κ1) is 27.2. The van der Waals surface area contributed by atoms with Crippen LogP contribution in [0.2, 0.25) is 0 Å². The fourth-order valence-corrected chi connectivity index (χ4v) is 5.91. The van der Waals surface area contributed by atoms with Crippen molar-refractivity contribution in [2.75, 3.05) is 47.8 Å². The SMILES string of the molecule is O=C(Nc1ccc(N2CCN(C(=O)C3CC3)CC2)cc1)c1nnc2cnc(N3C[C@@H](F)C[C@@H]3c3cc(F)ccc3F)cn12. The molecule has 222 valence electrons. The molecule has 0 unspecified atom stereocenters. The van der Waals surface area contributed by atoms with Crippen molar-refractivity contribution in [1.82, 2.24) is 24.5 Å². The van der Waals surface area contributed by atoms with Crippen LogP contribution in [0.15, 0.2) is 54.9 Å². The van der Waals surface area contributed by atoms with Crippen molar-refractivity contribution in [3.05, 3.63) is 77.9 Å². The molecule has 43 heavy (non-hydrogen) atoms. The predicted octanol–water partition coefficient (Wildman–Crippen LogP) is 4.00. The highest BCUT2D eigenvalue weighted by molar-refractivity contribution is 6.02. The number of aromatic nitrogens is 4. The number of halogens is 3. The van der Waals surface area contributed by atoms with Crippen LogP contribution in [0.25, 0.3) is 5.65 Å². The van der Waals surface area contributed by atoms with Crippen LogP contribution in [-0.2, 0) is 4.79 Å². The second kappa shape index (κ2) is 10.9. The minimum Gasteiger partial charge on any atom is -0.368 e. The van der Waals surface area contributed by atoms with E-state index in [1.165, 1.54) is 16.8 Å². The fraction of sp³-hybridized carbons (Fsp3) is 0.367. The number of nitrogens with zero attached hydrogens (tertiary/aromatic N) is 7. The molecule has 1 saturated carbocycles. The standard InChI is InChI=1S/C30H29F3N8O2/c31-19-3-8-24(33)23(13-19)25-14-20(32)16-40(25)27-17-41-26(15-34-27)36-37-28(41)29(42)35-21-4-6-22(7-5-21)38-9-11-39(12-10-38)30(43)18-1-2-18/h3-8,13,15,17-18,20,25H,1-2,9-12,14,16H2,(H,35,42)/t20-,25+/m0/s1. The molecular formula is C30H29F3N8O2. The Hall–Kier alpha value is -4.68. The molecule has 2 amide bonds. The number of anilines is 3. The van der Waals surface area contributed by atoms with Crippen LogP contribution >= 0.6 is 0 Å². The summed E-state index contributed by atoms with van der Waals surface area (Å²) in [5, 5.41) is 10.9. The molecule has 4 heterocycles. The molecule has 2 atom stereocenters. The number of nitrogens with one attached hydrogen (secondary N) is 1. The maximum Gasteiger partial charge on any atom is 0.293 e. The highest BCUT2D eigenvalue weighted by Crippen LogP contribution is 2.38. The summed E-state index contributed by atoms with van der Waals surface area (Å²) in [5.41, 5.74) is 1.90. The van der Waals surface area contributed by atoms with Gasteiger partial charge in [-0.1, -0.05) is 0 Å². The highest BCUT2D eigenvalue weighted by atomic mass is 19.1. The molecule has 1 aliphatic carbocycles. The summed E-state index contributed by atoms with van der Waals surface area (Å²) >= 11 is 0. The summed E-state index contributed by atoms with van der Waals surface area (Å²) in [6.07, 6.45) is 3.61. The number of alkyl halides is 1. The van der Waals surface area contributed by atoms with E-state index in [-0.39, 0.29) is 42.0 Å². The van der Waals surface area contributed by atoms with Gasteiger partial charge in [0.05, 0.1) is 25.0 Å². The Labute approximate surface area is 245 Å². The van der Waals surface area contributed by atoms with Gasteiger partial charge in [-0.25, -0.2) is 18.2 Å². The highest BCUT2D eigenvalue weighted by Gasteiger charge is 2.37. The normalized spacial score (nSPS) is 20.6. The van der Waals surface area contributed by atoms with E-state index in [2.05, 4.69) is 25.4 Å². The number of fused-ring (bicyclic) bond motifs is 1. The lowest BCUT2D eigenvalue weighted by Crippen LogP contribution is -2.49. The molecule has 13 heteroatoms. The van der Waals surface area contributed by atoms with E-state index in [1.54, 1.807) is 17.0 Å². The van der Waals surface area contributed by atoms with Crippen molar-refractivity contribution in [1.29, 1.82) is 0 Å². The monoisotopic (exact) mass is 590 g/mol. The zero-order valence-electron chi connectivity index (χ0n) is 23.2. The molecule has 2 aliphatic heterocycles. The molecule has 3 fully saturated rings. The van der Waals surface area contributed by atoms with E-state index < -0.39 is 29.8 Å². The Balaban J connectivity index is 1.06.